The van der Waals surface area contributed by atoms with Crippen molar-refractivity contribution in [2.75, 3.05) is 51.4 Å². The maximum Gasteiger partial charge on any atom is 0.345 e. The Morgan fingerprint density at radius 2 is 1.76 bits per heavy atom. The van der Waals surface area contributed by atoms with E-state index in [9.17, 15) is 24.1 Å². The molecule has 11 heteroatoms. The van der Waals surface area contributed by atoms with E-state index in [1.165, 1.54) is 25.3 Å². The van der Waals surface area contributed by atoms with Gasteiger partial charge in [-0.2, -0.15) is 0 Å². The minimum Gasteiger partial charge on any atom is -0.493 e. The highest BCUT2D eigenvalue weighted by Crippen LogP contribution is 2.35. The highest BCUT2D eigenvalue weighted by Gasteiger charge is 2.28. The van der Waals surface area contributed by atoms with Crippen molar-refractivity contribution in [3.8, 4) is 11.5 Å². The molecule has 33 heavy (non-hydrogen) atoms. The molecule has 0 bridgehead atoms. The smallest absolute Gasteiger partial charge is 0.345 e. The number of nitro benzene ring substituents is 1. The van der Waals surface area contributed by atoms with E-state index in [1.54, 1.807) is 24.0 Å². The van der Waals surface area contributed by atoms with Crippen LogP contribution < -0.4 is 14.4 Å². The van der Waals surface area contributed by atoms with E-state index in [2.05, 4.69) is 0 Å². The summed E-state index contributed by atoms with van der Waals surface area (Å²) in [5, 5.41) is 11.4. The van der Waals surface area contributed by atoms with Crippen LogP contribution in [0.3, 0.4) is 0 Å². The molecule has 176 valence electrons. The van der Waals surface area contributed by atoms with E-state index < -0.39 is 29.1 Å². The summed E-state index contributed by atoms with van der Waals surface area (Å²) in [4.78, 5) is 39.3. The summed E-state index contributed by atoms with van der Waals surface area (Å²) in [5.41, 5.74) is 0.00527. The van der Waals surface area contributed by atoms with Crippen molar-refractivity contribution in [2.45, 2.75) is 6.92 Å². The van der Waals surface area contributed by atoms with Gasteiger partial charge in [-0.3, -0.25) is 14.9 Å². The third-order valence-corrected chi connectivity index (χ3v) is 5.15. The second-order valence-corrected chi connectivity index (χ2v) is 7.13. The molecule has 0 aliphatic carbocycles. The van der Waals surface area contributed by atoms with Crippen molar-refractivity contribution in [1.82, 2.24) is 4.90 Å². The summed E-state index contributed by atoms with van der Waals surface area (Å²) in [6, 6.07) is 8.36. The van der Waals surface area contributed by atoms with Gasteiger partial charge >= 0.3 is 5.97 Å². The number of ether oxygens (including phenoxy) is 3. The first kappa shape index (κ1) is 23.8. The number of hydrogen-bond acceptors (Lipinski definition) is 8. The van der Waals surface area contributed by atoms with Gasteiger partial charge in [0.1, 0.15) is 11.4 Å². The summed E-state index contributed by atoms with van der Waals surface area (Å²) in [6.45, 7) is 3.27. The number of carbonyl (C=O) groups excluding carboxylic acids is 2. The van der Waals surface area contributed by atoms with Crippen LogP contribution in [0.2, 0.25) is 0 Å². The molecule has 1 amide bonds. The Morgan fingerprint density at radius 3 is 2.33 bits per heavy atom. The third-order valence-electron chi connectivity index (χ3n) is 5.15. The quantitative estimate of drug-likeness (QED) is 0.335. The van der Waals surface area contributed by atoms with E-state index in [0.29, 0.717) is 26.2 Å². The van der Waals surface area contributed by atoms with Gasteiger partial charge in [-0.1, -0.05) is 0 Å². The van der Waals surface area contributed by atoms with Crippen LogP contribution in [0.1, 0.15) is 17.3 Å². The molecule has 0 unspecified atom stereocenters. The van der Waals surface area contributed by atoms with Crippen LogP contribution in [0.25, 0.3) is 0 Å². The van der Waals surface area contributed by atoms with Gasteiger partial charge < -0.3 is 24.0 Å². The number of methoxy groups -OCH3 is 1. The molecule has 0 saturated carbocycles. The van der Waals surface area contributed by atoms with Crippen LogP contribution in [-0.2, 0) is 9.53 Å². The molecule has 1 aliphatic heterocycles. The zero-order valence-electron chi connectivity index (χ0n) is 18.3. The Balaban J connectivity index is 1.61. The largest absolute Gasteiger partial charge is 0.493 e. The molecule has 1 fully saturated rings. The van der Waals surface area contributed by atoms with Gasteiger partial charge in [-0.25, -0.2) is 9.18 Å². The van der Waals surface area contributed by atoms with Crippen LogP contribution in [0.4, 0.5) is 15.8 Å². The van der Waals surface area contributed by atoms with Gasteiger partial charge in [0.2, 0.25) is 0 Å². The number of nitrogens with zero attached hydrogens (tertiary/aromatic N) is 3. The molecule has 3 rings (SSSR count). The SMILES string of the molecule is CCOc1cc(C(=O)OCC(=O)N2CCN(c3ccc(F)cc3)CC2)c([N+](=O)[O-])cc1OC. The third kappa shape index (κ3) is 5.68. The van der Waals surface area contributed by atoms with E-state index in [1.807, 2.05) is 4.90 Å². The normalized spacial score (nSPS) is 13.4. The van der Waals surface area contributed by atoms with E-state index in [-0.39, 0.29) is 29.5 Å². The fourth-order valence-corrected chi connectivity index (χ4v) is 3.45. The fraction of sp³-hybridized carbons (Fsp3) is 0.364. The fourth-order valence-electron chi connectivity index (χ4n) is 3.45. The summed E-state index contributed by atoms with van der Waals surface area (Å²) in [6.07, 6.45) is 0. The Kier molecular flexibility index (Phi) is 7.65. The van der Waals surface area contributed by atoms with Crippen molar-refractivity contribution >= 4 is 23.3 Å². The molecular formula is C22H24FN3O7. The zero-order chi connectivity index (χ0) is 24.0. The zero-order valence-corrected chi connectivity index (χ0v) is 18.3. The maximum absolute atomic E-state index is 13.1. The summed E-state index contributed by atoms with van der Waals surface area (Å²) < 4.78 is 28.6. The lowest BCUT2D eigenvalue weighted by molar-refractivity contribution is -0.385. The topological polar surface area (TPSA) is 111 Å². The Bertz CT molecular complexity index is 1020. The molecule has 0 radical (unpaired) electrons. The first-order valence-corrected chi connectivity index (χ1v) is 10.3. The van der Waals surface area contributed by atoms with E-state index in [0.717, 1.165) is 11.8 Å². The number of benzene rings is 2. The molecule has 10 nitrogen and oxygen atoms in total. The van der Waals surface area contributed by atoms with Gasteiger partial charge in [-0.15, -0.1) is 0 Å². The van der Waals surface area contributed by atoms with Crippen molar-refractivity contribution in [3.63, 3.8) is 0 Å². The number of carbonyl (C=O) groups is 2. The monoisotopic (exact) mass is 461 g/mol. The predicted octanol–water partition coefficient (Wildman–Crippen LogP) is 2.65. The number of rotatable bonds is 8. The highest BCUT2D eigenvalue weighted by molar-refractivity contribution is 5.96. The van der Waals surface area contributed by atoms with Gasteiger partial charge in [0.15, 0.2) is 18.1 Å². The standard InChI is InChI=1S/C22H24FN3O7/c1-3-32-20-12-17(18(26(29)30)13-19(20)31-2)22(28)33-14-21(27)25-10-8-24(9-11-25)16-6-4-15(23)5-7-16/h4-7,12-13H,3,8-11,14H2,1-2H3. The van der Waals surface area contributed by atoms with Crippen LogP contribution in [0, 0.1) is 15.9 Å². The van der Waals surface area contributed by atoms with Crippen LogP contribution in [0.5, 0.6) is 11.5 Å². The molecule has 0 atom stereocenters. The van der Waals surface area contributed by atoms with Crippen molar-refractivity contribution in [3.05, 3.63) is 57.9 Å². The first-order valence-electron chi connectivity index (χ1n) is 10.3. The number of esters is 1. The summed E-state index contributed by atoms with van der Waals surface area (Å²) >= 11 is 0. The number of amides is 1. The van der Waals surface area contributed by atoms with Crippen molar-refractivity contribution in [2.24, 2.45) is 0 Å². The van der Waals surface area contributed by atoms with E-state index in [4.69, 9.17) is 14.2 Å². The maximum atomic E-state index is 13.1. The Labute approximate surface area is 189 Å². The number of anilines is 1. The minimum atomic E-state index is -1.01. The predicted molar refractivity (Wildman–Crippen MR) is 116 cm³/mol. The summed E-state index contributed by atoms with van der Waals surface area (Å²) in [7, 11) is 1.33. The average molecular weight is 461 g/mol. The van der Waals surface area contributed by atoms with Gasteiger partial charge in [-0.05, 0) is 31.2 Å². The van der Waals surface area contributed by atoms with Gasteiger partial charge in [0.25, 0.3) is 11.6 Å². The molecule has 1 saturated heterocycles. The second-order valence-electron chi connectivity index (χ2n) is 7.13. The highest BCUT2D eigenvalue weighted by atomic mass is 19.1. The number of nitro groups is 1. The molecule has 1 heterocycles. The molecule has 2 aromatic rings. The van der Waals surface area contributed by atoms with E-state index >= 15 is 0 Å². The molecule has 0 spiro atoms. The van der Waals surface area contributed by atoms with Crippen LogP contribution in [-0.4, -0.2) is 68.2 Å². The van der Waals surface area contributed by atoms with Gasteiger partial charge in [0, 0.05) is 37.9 Å². The van der Waals surface area contributed by atoms with Crippen LogP contribution in [0.15, 0.2) is 36.4 Å². The average Bonchev–Trinajstić information content (AvgIpc) is 2.82. The lowest BCUT2D eigenvalue weighted by Gasteiger charge is -2.36. The number of piperazine rings is 1. The van der Waals surface area contributed by atoms with Crippen molar-refractivity contribution < 1.29 is 33.1 Å². The lowest BCUT2D eigenvalue weighted by atomic mass is 10.1. The number of halogens is 1. The Morgan fingerprint density at radius 1 is 1.09 bits per heavy atom. The lowest BCUT2D eigenvalue weighted by Crippen LogP contribution is -2.49. The molecule has 2 aromatic carbocycles. The molecular weight excluding hydrogens is 437 g/mol. The minimum absolute atomic E-state index is 0.107. The molecule has 0 aromatic heterocycles. The van der Waals surface area contributed by atoms with Crippen LogP contribution >= 0.6 is 0 Å². The number of hydrogen-bond donors (Lipinski definition) is 0. The molecule has 1 aliphatic rings. The molecule has 0 N–H and O–H groups in total. The van der Waals surface area contributed by atoms with Gasteiger partial charge in [0.05, 0.1) is 24.7 Å². The first-order chi connectivity index (χ1) is 15.8. The Hall–Kier alpha value is -3.89. The van der Waals surface area contributed by atoms with Crippen molar-refractivity contribution in [1.29, 1.82) is 0 Å². The second kappa shape index (κ2) is 10.6. The summed E-state index contributed by atoms with van der Waals surface area (Å²) in [5.74, 6) is -1.48.